The Bertz CT molecular complexity index is 218. The molecule has 1 rings (SSSR count). The normalized spacial score (nSPS) is 9.83. The minimum Gasteiger partial charge on any atom is -0.356 e. The van der Waals surface area contributed by atoms with E-state index in [1.165, 1.54) is 4.09 Å². The number of hydrogen-bond donors (Lipinski definition) is 0. The summed E-state index contributed by atoms with van der Waals surface area (Å²) in [6, 6.07) is 9.65. The van der Waals surface area contributed by atoms with Crippen molar-refractivity contribution >= 4 is 21.8 Å². The lowest BCUT2D eigenvalue weighted by Gasteiger charge is -2.14. The van der Waals surface area contributed by atoms with Crippen LogP contribution < -0.4 is 4.09 Å². The summed E-state index contributed by atoms with van der Waals surface area (Å²) in [7, 11) is 1.58. The van der Waals surface area contributed by atoms with Crippen LogP contribution in [0.15, 0.2) is 30.3 Å². The summed E-state index contributed by atoms with van der Waals surface area (Å²) in [5, 5.41) is 0. The van der Waals surface area contributed by atoms with Crippen molar-refractivity contribution in [3.8, 4) is 0 Å². The fourth-order valence-corrected chi connectivity index (χ4v) is 1.04. The minimum atomic E-state index is 0.222. The van der Waals surface area contributed by atoms with Gasteiger partial charge < -0.3 is 4.74 Å². The molecular weight excluding hydrogens is 222 g/mol. The van der Waals surface area contributed by atoms with Gasteiger partial charge in [0, 0.05) is 7.11 Å². The minimum absolute atomic E-state index is 0.222. The molecule has 1 aromatic carbocycles. The summed E-state index contributed by atoms with van der Waals surface area (Å²) in [5.41, 5.74) is 0.926. The Morgan fingerprint density at radius 1 is 1.33 bits per heavy atom. The van der Waals surface area contributed by atoms with Crippen LogP contribution in [0, 0.1) is 0 Å². The maximum atomic E-state index is 5.10. The van der Waals surface area contributed by atoms with E-state index >= 15 is 0 Å². The zero-order valence-corrected chi connectivity index (χ0v) is 8.32. The van der Waals surface area contributed by atoms with Crippen molar-refractivity contribution in [1.29, 1.82) is 0 Å². The molecular formula is C8H10BrNO2. The molecule has 0 saturated heterocycles. The molecule has 0 N–H and O–H groups in total. The molecule has 0 aliphatic heterocycles. The van der Waals surface area contributed by atoms with Crippen LogP contribution in [0.5, 0.6) is 0 Å². The molecule has 12 heavy (non-hydrogen) atoms. The second-order valence-electron chi connectivity index (χ2n) is 2.12. The van der Waals surface area contributed by atoms with Crippen molar-refractivity contribution in [3.05, 3.63) is 30.3 Å². The van der Waals surface area contributed by atoms with Crippen molar-refractivity contribution < 1.29 is 9.57 Å². The van der Waals surface area contributed by atoms with Crippen LogP contribution in [0.3, 0.4) is 0 Å². The van der Waals surface area contributed by atoms with Crippen LogP contribution in [-0.2, 0) is 9.57 Å². The smallest absolute Gasteiger partial charge is 0.174 e. The van der Waals surface area contributed by atoms with E-state index in [2.05, 4.69) is 16.1 Å². The second kappa shape index (κ2) is 5.13. The fourth-order valence-electron chi connectivity index (χ4n) is 0.719. The first-order chi connectivity index (χ1) is 5.84. The maximum Gasteiger partial charge on any atom is 0.174 e. The largest absolute Gasteiger partial charge is 0.356 e. The highest BCUT2D eigenvalue weighted by Gasteiger charge is 2.00. The molecule has 0 fully saturated rings. The molecule has 0 aliphatic rings. The van der Waals surface area contributed by atoms with E-state index in [-0.39, 0.29) is 6.79 Å². The van der Waals surface area contributed by atoms with E-state index < -0.39 is 0 Å². The first kappa shape index (κ1) is 9.51. The number of anilines is 1. The lowest BCUT2D eigenvalue weighted by Crippen LogP contribution is -2.12. The predicted molar refractivity (Wildman–Crippen MR) is 50.8 cm³/mol. The average molecular weight is 232 g/mol. The van der Waals surface area contributed by atoms with Gasteiger partial charge in [-0.15, -0.1) is 0 Å². The molecule has 66 valence electrons. The molecule has 1 aromatic rings. The molecule has 0 aromatic heterocycles. The van der Waals surface area contributed by atoms with Gasteiger partial charge in [0.2, 0.25) is 0 Å². The molecule has 4 heteroatoms. The van der Waals surface area contributed by atoms with Gasteiger partial charge in [-0.1, -0.05) is 18.2 Å². The zero-order chi connectivity index (χ0) is 8.81. The van der Waals surface area contributed by atoms with Gasteiger partial charge in [0.05, 0.1) is 21.8 Å². The Kier molecular flexibility index (Phi) is 4.07. The number of nitrogens with zero attached hydrogens (tertiary/aromatic N) is 1. The summed E-state index contributed by atoms with van der Waals surface area (Å²) in [6.45, 7) is 0.222. The molecule has 0 unspecified atom stereocenters. The first-order valence-corrected chi connectivity index (χ1v) is 4.18. The number of methoxy groups -OCH3 is 1. The molecule has 0 bridgehead atoms. The van der Waals surface area contributed by atoms with Gasteiger partial charge in [-0.2, -0.15) is 4.09 Å². The van der Waals surface area contributed by atoms with Gasteiger partial charge in [0.15, 0.2) is 6.79 Å². The monoisotopic (exact) mass is 231 g/mol. The Morgan fingerprint density at radius 2 is 2.00 bits per heavy atom. The van der Waals surface area contributed by atoms with Crippen LogP contribution in [0.1, 0.15) is 0 Å². The van der Waals surface area contributed by atoms with Gasteiger partial charge in [-0.3, -0.25) is 0 Å². The summed E-state index contributed by atoms with van der Waals surface area (Å²) >= 11 is 3.22. The van der Waals surface area contributed by atoms with Crippen LogP contribution in [0.25, 0.3) is 0 Å². The predicted octanol–water partition coefficient (Wildman–Crippen LogP) is 2.34. The standard InChI is InChI=1S/C8H10BrNO2/c1-11-7-12-10(9)8-5-3-2-4-6-8/h2-6H,7H2,1H3. The third-order valence-electron chi connectivity index (χ3n) is 1.24. The van der Waals surface area contributed by atoms with Gasteiger partial charge in [0.1, 0.15) is 0 Å². The summed E-state index contributed by atoms with van der Waals surface area (Å²) in [5.74, 6) is 0. The topological polar surface area (TPSA) is 21.7 Å². The molecule has 0 heterocycles. The van der Waals surface area contributed by atoms with Gasteiger partial charge in [0.25, 0.3) is 0 Å². The maximum absolute atomic E-state index is 5.10. The summed E-state index contributed by atoms with van der Waals surface area (Å²) in [6.07, 6.45) is 0. The van der Waals surface area contributed by atoms with Crippen molar-refractivity contribution in [3.63, 3.8) is 0 Å². The summed E-state index contributed by atoms with van der Waals surface area (Å²) in [4.78, 5) is 5.10. The van der Waals surface area contributed by atoms with Crippen LogP contribution >= 0.6 is 16.1 Å². The quantitative estimate of drug-likeness (QED) is 0.451. The Balaban J connectivity index is 2.48. The van der Waals surface area contributed by atoms with Crippen molar-refractivity contribution in [2.75, 3.05) is 18.0 Å². The number of benzene rings is 1. The van der Waals surface area contributed by atoms with Gasteiger partial charge in [-0.05, 0) is 12.1 Å². The number of para-hydroxylation sites is 1. The van der Waals surface area contributed by atoms with Gasteiger partial charge in [-0.25, -0.2) is 4.84 Å². The van der Waals surface area contributed by atoms with E-state index in [9.17, 15) is 0 Å². The molecule has 0 atom stereocenters. The molecule has 0 spiro atoms. The van der Waals surface area contributed by atoms with Crippen molar-refractivity contribution in [1.82, 2.24) is 0 Å². The highest BCUT2D eigenvalue weighted by atomic mass is 79.9. The highest BCUT2D eigenvalue weighted by molar-refractivity contribution is 9.10. The second-order valence-corrected chi connectivity index (χ2v) is 2.76. The van der Waals surface area contributed by atoms with Crippen molar-refractivity contribution in [2.45, 2.75) is 0 Å². The van der Waals surface area contributed by atoms with E-state index in [0.29, 0.717) is 0 Å². The van der Waals surface area contributed by atoms with E-state index in [1.54, 1.807) is 7.11 Å². The fraction of sp³-hybridized carbons (Fsp3) is 0.250. The average Bonchev–Trinajstić information content (AvgIpc) is 2.15. The molecule has 0 saturated carbocycles. The number of halogens is 1. The van der Waals surface area contributed by atoms with Crippen LogP contribution in [0.2, 0.25) is 0 Å². The lowest BCUT2D eigenvalue weighted by atomic mass is 10.3. The molecule has 0 radical (unpaired) electrons. The number of rotatable bonds is 4. The molecule has 0 aliphatic carbocycles. The first-order valence-electron chi connectivity index (χ1n) is 3.47. The van der Waals surface area contributed by atoms with Crippen LogP contribution in [-0.4, -0.2) is 13.9 Å². The zero-order valence-electron chi connectivity index (χ0n) is 6.74. The lowest BCUT2D eigenvalue weighted by molar-refractivity contribution is -0.0200. The Morgan fingerprint density at radius 3 is 2.58 bits per heavy atom. The third kappa shape index (κ3) is 2.81. The van der Waals surface area contributed by atoms with Crippen molar-refractivity contribution in [2.24, 2.45) is 0 Å². The Labute approximate surface area is 80.2 Å². The SMILES string of the molecule is COCON(Br)c1ccccc1. The number of hydrogen-bond acceptors (Lipinski definition) is 3. The molecule has 0 amide bonds. The van der Waals surface area contributed by atoms with E-state index in [4.69, 9.17) is 9.57 Å². The van der Waals surface area contributed by atoms with E-state index in [0.717, 1.165) is 5.69 Å². The van der Waals surface area contributed by atoms with Gasteiger partial charge >= 0.3 is 0 Å². The highest BCUT2D eigenvalue weighted by Crippen LogP contribution is 2.16. The summed E-state index contributed by atoms with van der Waals surface area (Å²) < 4.78 is 6.22. The van der Waals surface area contributed by atoms with Crippen LogP contribution in [0.4, 0.5) is 5.69 Å². The third-order valence-corrected chi connectivity index (χ3v) is 1.86. The number of ether oxygens (including phenoxy) is 1. The Hall–Kier alpha value is -0.580. The molecule has 3 nitrogen and oxygen atoms in total. The van der Waals surface area contributed by atoms with E-state index in [1.807, 2.05) is 30.3 Å².